The third-order valence-electron chi connectivity index (χ3n) is 2.77. The minimum absolute atomic E-state index is 0.617. The van der Waals surface area contributed by atoms with Crippen LogP contribution in [-0.2, 0) is 5.66 Å². The highest BCUT2D eigenvalue weighted by molar-refractivity contribution is 5.74. The lowest BCUT2D eigenvalue weighted by molar-refractivity contribution is 0.275. The fraction of sp³-hybridized carbons (Fsp3) is 0.231. The summed E-state index contributed by atoms with van der Waals surface area (Å²) >= 11 is 0. The predicted octanol–water partition coefficient (Wildman–Crippen LogP) is 2.20. The summed E-state index contributed by atoms with van der Waals surface area (Å²) in [6.45, 7) is 7.48. The van der Waals surface area contributed by atoms with E-state index in [0.29, 0.717) is 12.8 Å². The largest absolute Gasteiger partial charge is 0.307 e. The Kier molecular flexibility index (Phi) is 3.06. The minimum Gasteiger partial charge on any atom is -0.307 e. The molecule has 4 nitrogen and oxygen atoms in total. The zero-order valence-corrected chi connectivity index (χ0v) is 9.71. The van der Waals surface area contributed by atoms with E-state index in [1.54, 1.807) is 16.8 Å². The van der Waals surface area contributed by atoms with Crippen molar-refractivity contribution >= 4 is 11.0 Å². The van der Waals surface area contributed by atoms with Crippen molar-refractivity contribution in [3.63, 3.8) is 0 Å². The van der Waals surface area contributed by atoms with Gasteiger partial charge in [-0.25, -0.2) is 4.68 Å². The van der Waals surface area contributed by atoms with Crippen molar-refractivity contribution in [2.75, 3.05) is 0 Å². The third-order valence-corrected chi connectivity index (χ3v) is 2.77. The summed E-state index contributed by atoms with van der Waals surface area (Å²) in [4.78, 5) is 0. The summed E-state index contributed by atoms with van der Waals surface area (Å²) in [7, 11) is 0. The molecule has 0 spiro atoms. The van der Waals surface area contributed by atoms with Crippen LogP contribution in [0.2, 0.25) is 0 Å². The maximum atomic E-state index is 6.37. The van der Waals surface area contributed by atoms with Crippen LogP contribution in [0.5, 0.6) is 0 Å². The summed E-state index contributed by atoms with van der Waals surface area (Å²) < 4.78 is 1.76. The molecule has 0 fully saturated rings. The number of hydrogen-bond donors (Lipinski definition) is 1. The fourth-order valence-electron chi connectivity index (χ4n) is 1.95. The van der Waals surface area contributed by atoms with Crippen molar-refractivity contribution < 1.29 is 0 Å². The van der Waals surface area contributed by atoms with E-state index in [0.717, 1.165) is 11.0 Å². The second kappa shape index (κ2) is 4.51. The van der Waals surface area contributed by atoms with Gasteiger partial charge < -0.3 is 5.73 Å². The van der Waals surface area contributed by atoms with E-state index in [1.165, 1.54) is 0 Å². The molecule has 0 aliphatic heterocycles. The topological polar surface area (TPSA) is 56.7 Å². The Labute approximate surface area is 100 Å². The molecule has 0 atom stereocenters. The standard InChI is InChI=1S/C13H16N4/c1-3-9-13(14,10-4-2)17-12-8-6-5-7-11(12)15-16-17/h3-8H,1-2,9-10,14H2. The fourth-order valence-corrected chi connectivity index (χ4v) is 1.95. The van der Waals surface area contributed by atoms with Gasteiger partial charge in [0.1, 0.15) is 11.2 Å². The molecule has 2 aromatic rings. The van der Waals surface area contributed by atoms with Crippen LogP contribution < -0.4 is 5.73 Å². The molecule has 1 aromatic carbocycles. The molecule has 2 rings (SSSR count). The van der Waals surface area contributed by atoms with E-state index in [-0.39, 0.29) is 0 Å². The van der Waals surface area contributed by atoms with E-state index < -0.39 is 5.66 Å². The molecule has 2 N–H and O–H groups in total. The second-order valence-corrected chi connectivity index (χ2v) is 4.08. The summed E-state index contributed by atoms with van der Waals surface area (Å²) in [6, 6.07) is 7.76. The maximum Gasteiger partial charge on any atom is 0.119 e. The predicted molar refractivity (Wildman–Crippen MR) is 69.3 cm³/mol. The lowest BCUT2D eigenvalue weighted by atomic mass is 10.0. The van der Waals surface area contributed by atoms with Crippen molar-refractivity contribution in [1.29, 1.82) is 0 Å². The van der Waals surface area contributed by atoms with Gasteiger partial charge in [0.15, 0.2) is 0 Å². The number of rotatable bonds is 5. The van der Waals surface area contributed by atoms with Gasteiger partial charge >= 0.3 is 0 Å². The molecule has 1 aromatic heterocycles. The minimum atomic E-state index is -0.639. The van der Waals surface area contributed by atoms with Gasteiger partial charge in [-0.1, -0.05) is 29.5 Å². The zero-order valence-electron chi connectivity index (χ0n) is 9.71. The quantitative estimate of drug-likeness (QED) is 0.798. The SMILES string of the molecule is C=CCC(N)(CC=C)n1nnc2ccccc21. The molecule has 0 saturated carbocycles. The van der Waals surface area contributed by atoms with Crippen LogP contribution in [0.25, 0.3) is 11.0 Å². The molecule has 0 amide bonds. The highest BCUT2D eigenvalue weighted by Crippen LogP contribution is 2.23. The van der Waals surface area contributed by atoms with Crippen molar-refractivity contribution in [2.24, 2.45) is 5.73 Å². The van der Waals surface area contributed by atoms with Gasteiger partial charge in [0.2, 0.25) is 0 Å². The number of fused-ring (bicyclic) bond motifs is 1. The van der Waals surface area contributed by atoms with Crippen LogP contribution in [-0.4, -0.2) is 15.0 Å². The lowest BCUT2D eigenvalue weighted by Gasteiger charge is -2.27. The average Bonchev–Trinajstić information content (AvgIpc) is 2.74. The second-order valence-electron chi connectivity index (χ2n) is 4.08. The van der Waals surface area contributed by atoms with E-state index in [2.05, 4.69) is 23.5 Å². The van der Waals surface area contributed by atoms with Crippen LogP contribution in [0.15, 0.2) is 49.6 Å². The lowest BCUT2D eigenvalue weighted by Crippen LogP contribution is -2.43. The molecule has 1 heterocycles. The Bertz CT molecular complexity index is 531. The number of aromatic nitrogens is 3. The van der Waals surface area contributed by atoms with Crippen LogP contribution >= 0.6 is 0 Å². The molecule has 88 valence electrons. The van der Waals surface area contributed by atoms with Gasteiger partial charge in [-0.2, -0.15) is 0 Å². The average molecular weight is 228 g/mol. The summed E-state index contributed by atoms with van der Waals surface area (Å²) in [5.74, 6) is 0. The van der Waals surface area contributed by atoms with Crippen LogP contribution in [0.1, 0.15) is 12.8 Å². The van der Waals surface area contributed by atoms with E-state index in [9.17, 15) is 0 Å². The van der Waals surface area contributed by atoms with Gasteiger partial charge in [-0.3, -0.25) is 0 Å². The number of nitrogens with zero attached hydrogens (tertiary/aromatic N) is 3. The maximum absolute atomic E-state index is 6.37. The molecule has 0 radical (unpaired) electrons. The summed E-state index contributed by atoms with van der Waals surface area (Å²) in [5.41, 5.74) is 7.50. The van der Waals surface area contributed by atoms with Crippen molar-refractivity contribution in [3.8, 4) is 0 Å². The third kappa shape index (κ3) is 1.99. The van der Waals surface area contributed by atoms with E-state index in [4.69, 9.17) is 5.73 Å². The highest BCUT2D eigenvalue weighted by atomic mass is 15.5. The van der Waals surface area contributed by atoms with Gasteiger partial charge in [0.05, 0.1) is 5.52 Å². The molecule has 0 aliphatic rings. The number of para-hydroxylation sites is 1. The Morgan fingerprint density at radius 2 is 1.88 bits per heavy atom. The molecule has 0 saturated heterocycles. The molecular weight excluding hydrogens is 212 g/mol. The van der Waals surface area contributed by atoms with Crippen LogP contribution in [0.3, 0.4) is 0 Å². The number of benzene rings is 1. The first-order valence-electron chi connectivity index (χ1n) is 5.53. The van der Waals surface area contributed by atoms with Gasteiger partial charge in [-0.15, -0.1) is 18.3 Å². The molecule has 17 heavy (non-hydrogen) atoms. The Morgan fingerprint density at radius 3 is 2.53 bits per heavy atom. The van der Waals surface area contributed by atoms with Gasteiger partial charge in [0, 0.05) is 12.8 Å². The number of hydrogen-bond acceptors (Lipinski definition) is 3. The monoisotopic (exact) mass is 228 g/mol. The Morgan fingerprint density at radius 1 is 1.24 bits per heavy atom. The van der Waals surface area contributed by atoms with Gasteiger partial charge in [0.25, 0.3) is 0 Å². The summed E-state index contributed by atoms with van der Waals surface area (Å²) in [5, 5.41) is 8.26. The molecular formula is C13H16N4. The van der Waals surface area contributed by atoms with Crippen molar-refractivity contribution in [1.82, 2.24) is 15.0 Å². The van der Waals surface area contributed by atoms with Crippen molar-refractivity contribution in [3.05, 3.63) is 49.6 Å². The Balaban J connectivity index is 2.55. The van der Waals surface area contributed by atoms with Crippen LogP contribution in [0.4, 0.5) is 0 Å². The van der Waals surface area contributed by atoms with E-state index >= 15 is 0 Å². The zero-order chi connectivity index (χ0) is 12.3. The molecule has 0 aliphatic carbocycles. The first-order valence-corrected chi connectivity index (χ1v) is 5.53. The number of nitrogens with two attached hydrogens (primary N) is 1. The smallest absolute Gasteiger partial charge is 0.119 e. The molecule has 4 heteroatoms. The van der Waals surface area contributed by atoms with Crippen molar-refractivity contribution in [2.45, 2.75) is 18.5 Å². The van der Waals surface area contributed by atoms with E-state index in [1.807, 2.05) is 24.3 Å². The highest BCUT2D eigenvalue weighted by Gasteiger charge is 2.27. The van der Waals surface area contributed by atoms with Gasteiger partial charge in [-0.05, 0) is 12.1 Å². The molecule has 0 bridgehead atoms. The first kappa shape index (κ1) is 11.5. The Hall–Kier alpha value is -1.94. The first-order chi connectivity index (χ1) is 8.21. The normalized spacial score (nSPS) is 11.6. The summed E-state index contributed by atoms with van der Waals surface area (Å²) in [6.07, 6.45) is 4.82. The molecule has 0 unspecified atom stereocenters. The van der Waals surface area contributed by atoms with Crippen LogP contribution in [0, 0.1) is 0 Å².